The molecule has 0 saturated heterocycles. The van der Waals surface area contributed by atoms with Gasteiger partial charge in [0.15, 0.2) is 0 Å². The van der Waals surface area contributed by atoms with Gasteiger partial charge in [-0.15, -0.1) is 0 Å². The second-order valence-corrected chi connectivity index (χ2v) is 7.27. The molecule has 116 valence electrons. The zero-order chi connectivity index (χ0) is 15.5. The molecule has 0 unspecified atom stereocenters. The average Bonchev–Trinajstić information content (AvgIpc) is 3.23. The van der Waals surface area contributed by atoms with Crippen LogP contribution in [0.4, 0.5) is 4.39 Å². The molecule has 0 spiro atoms. The van der Waals surface area contributed by atoms with Gasteiger partial charge >= 0.3 is 0 Å². The van der Waals surface area contributed by atoms with Gasteiger partial charge in [-0.1, -0.05) is 0 Å². The van der Waals surface area contributed by atoms with Crippen LogP contribution in [0.2, 0.25) is 0 Å². The number of hydrogen-bond acceptors (Lipinski definition) is 3. The summed E-state index contributed by atoms with van der Waals surface area (Å²) >= 11 is 0. The standard InChI is InChI=1S/C14H19FN2O3S/c1-17(10-2-3-14(18)16-12-6-7-12)21(19,20)13-8-4-11(15)5-9-13/h4-5,8-9,12H,2-3,6-7,10H2,1H3,(H,16,18). The lowest BCUT2D eigenvalue weighted by Gasteiger charge is -2.17. The Hall–Kier alpha value is -1.47. The number of carbonyl (C=O) groups is 1. The minimum absolute atomic E-state index is 0.0370. The van der Waals surface area contributed by atoms with Crippen LogP contribution in [0.5, 0.6) is 0 Å². The van der Waals surface area contributed by atoms with Crippen molar-refractivity contribution in [2.24, 2.45) is 0 Å². The minimum atomic E-state index is -3.63. The summed E-state index contributed by atoms with van der Waals surface area (Å²) < 4.78 is 38.4. The maximum absolute atomic E-state index is 12.8. The van der Waals surface area contributed by atoms with Gasteiger partial charge in [0.2, 0.25) is 15.9 Å². The van der Waals surface area contributed by atoms with Crippen LogP contribution in [0, 0.1) is 5.82 Å². The van der Waals surface area contributed by atoms with E-state index in [0.29, 0.717) is 18.9 Å². The molecule has 1 aliphatic carbocycles. The largest absolute Gasteiger partial charge is 0.353 e. The zero-order valence-electron chi connectivity index (χ0n) is 11.9. The number of nitrogens with one attached hydrogen (secondary N) is 1. The average molecular weight is 314 g/mol. The number of halogens is 1. The number of nitrogens with zero attached hydrogens (tertiary/aromatic N) is 1. The van der Waals surface area contributed by atoms with Gasteiger partial charge in [0.1, 0.15) is 5.82 Å². The van der Waals surface area contributed by atoms with E-state index in [4.69, 9.17) is 0 Å². The topological polar surface area (TPSA) is 66.5 Å². The summed E-state index contributed by atoms with van der Waals surface area (Å²) in [6.07, 6.45) is 2.82. The SMILES string of the molecule is CN(CCCC(=O)NC1CC1)S(=O)(=O)c1ccc(F)cc1. The van der Waals surface area contributed by atoms with E-state index >= 15 is 0 Å². The van der Waals surface area contributed by atoms with Gasteiger partial charge in [-0.05, 0) is 43.5 Å². The molecular formula is C14H19FN2O3S. The van der Waals surface area contributed by atoms with Gasteiger partial charge in [-0.3, -0.25) is 4.79 Å². The molecule has 2 rings (SSSR count). The molecule has 1 saturated carbocycles. The van der Waals surface area contributed by atoms with Crippen LogP contribution in [0.15, 0.2) is 29.2 Å². The van der Waals surface area contributed by atoms with E-state index in [1.54, 1.807) is 0 Å². The van der Waals surface area contributed by atoms with Gasteiger partial charge < -0.3 is 5.32 Å². The highest BCUT2D eigenvalue weighted by molar-refractivity contribution is 7.89. The first kappa shape index (κ1) is 15.9. The summed E-state index contributed by atoms with van der Waals surface area (Å²) in [7, 11) is -2.17. The van der Waals surface area contributed by atoms with Crippen LogP contribution in [0.25, 0.3) is 0 Å². The Balaban J connectivity index is 1.84. The number of amides is 1. The highest BCUT2D eigenvalue weighted by atomic mass is 32.2. The van der Waals surface area contributed by atoms with Crippen molar-refractivity contribution < 1.29 is 17.6 Å². The third-order valence-corrected chi connectivity index (χ3v) is 5.21. The predicted molar refractivity (Wildman–Crippen MR) is 76.6 cm³/mol. The van der Waals surface area contributed by atoms with Crippen molar-refractivity contribution in [3.05, 3.63) is 30.1 Å². The lowest BCUT2D eigenvalue weighted by molar-refractivity contribution is -0.121. The molecule has 5 nitrogen and oxygen atoms in total. The first-order valence-corrected chi connectivity index (χ1v) is 8.35. The van der Waals surface area contributed by atoms with Gasteiger partial charge in [-0.2, -0.15) is 0 Å². The van der Waals surface area contributed by atoms with Crippen molar-refractivity contribution in [2.45, 2.75) is 36.6 Å². The summed E-state index contributed by atoms with van der Waals surface area (Å²) in [5, 5.41) is 2.86. The van der Waals surface area contributed by atoms with Crippen LogP contribution < -0.4 is 5.32 Å². The number of hydrogen-bond donors (Lipinski definition) is 1. The van der Waals surface area contributed by atoms with Crippen LogP contribution in [0.3, 0.4) is 0 Å². The molecule has 0 aliphatic heterocycles. The fraction of sp³-hybridized carbons (Fsp3) is 0.500. The molecule has 0 radical (unpaired) electrons. The molecule has 1 aliphatic rings. The fourth-order valence-electron chi connectivity index (χ4n) is 1.90. The smallest absolute Gasteiger partial charge is 0.242 e. The molecule has 1 aromatic rings. The molecule has 0 bridgehead atoms. The first-order valence-electron chi connectivity index (χ1n) is 6.91. The molecule has 0 aromatic heterocycles. The Kier molecular flexibility index (Phi) is 4.95. The Morgan fingerprint density at radius 1 is 1.33 bits per heavy atom. The van der Waals surface area contributed by atoms with E-state index in [0.717, 1.165) is 25.0 Å². The van der Waals surface area contributed by atoms with Crippen LogP contribution in [-0.4, -0.2) is 38.3 Å². The maximum atomic E-state index is 12.8. The second-order valence-electron chi connectivity index (χ2n) is 5.23. The summed E-state index contributed by atoms with van der Waals surface area (Å²) in [6, 6.07) is 5.02. The van der Waals surface area contributed by atoms with Crippen molar-refractivity contribution in [2.75, 3.05) is 13.6 Å². The highest BCUT2D eigenvalue weighted by Crippen LogP contribution is 2.19. The minimum Gasteiger partial charge on any atom is -0.353 e. The van der Waals surface area contributed by atoms with Gasteiger partial charge in [0.05, 0.1) is 4.90 Å². The summed E-state index contributed by atoms with van der Waals surface area (Å²) in [6.45, 7) is 0.248. The molecular weight excluding hydrogens is 295 g/mol. The van der Waals surface area contributed by atoms with Crippen LogP contribution in [0.1, 0.15) is 25.7 Å². The molecule has 1 fully saturated rings. The predicted octanol–water partition coefficient (Wildman–Crippen LogP) is 1.50. The zero-order valence-corrected chi connectivity index (χ0v) is 12.7. The van der Waals surface area contributed by atoms with E-state index < -0.39 is 15.8 Å². The number of carbonyl (C=O) groups excluding carboxylic acids is 1. The van der Waals surface area contributed by atoms with Crippen molar-refractivity contribution in [3.63, 3.8) is 0 Å². The Morgan fingerprint density at radius 3 is 2.52 bits per heavy atom. The van der Waals surface area contributed by atoms with Crippen LogP contribution in [-0.2, 0) is 14.8 Å². The molecule has 1 aromatic carbocycles. The van der Waals surface area contributed by atoms with E-state index in [-0.39, 0.29) is 17.3 Å². The van der Waals surface area contributed by atoms with Gasteiger partial charge in [0.25, 0.3) is 0 Å². The van der Waals surface area contributed by atoms with Crippen LogP contribution >= 0.6 is 0 Å². The van der Waals surface area contributed by atoms with Gasteiger partial charge in [0, 0.05) is 26.1 Å². The van der Waals surface area contributed by atoms with E-state index in [2.05, 4.69) is 5.32 Å². The third kappa shape index (κ3) is 4.50. The molecule has 21 heavy (non-hydrogen) atoms. The summed E-state index contributed by atoms with van der Waals surface area (Å²) in [5.74, 6) is -0.515. The van der Waals surface area contributed by atoms with E-state index in [1.165, 1.54) is 23.5 Å². The molecule has 1 N–H and O–H groups in total. The summed E-state index contributed by atoms with van der Waals surface area (Å²) in [5.41, 5.74) is 0. The third-order valence-electron chi connectivity index (χ3n) is 3.34. The monoisotopic (exact) mass is 314 g/mol. The molecule has 1 amide bonds. The summed E-state index contributed by atoms with van der Waals surface area (Å²) in [4.78, 5) is 11.6. The number of sulfonamides is 1. The normalized spacial score (nSPS) is 15.2. The quantitative estimate of drug-likeness (QED) is 0.829. The lowest BCUT2D eigenvalue weighted by atomic mass is 10.3. The van der Waals surface area contributed by atoms with Crippen molar-refractivity contribution in [1.82, 2.24) is 9.62 Å². The molecule has 0 heterocycles. The number of rotatable bonds is 7. The first-order chi connectivity index (χ1) is 9.89. The highest BCUT2D eigenvalue weighted by Gasteiger charge is 2.24. The van der Waals surface area contributed by atoms with Crippen molar-refractivity contribution in [3.8, 4) is 0 Å². The fourth-order valence-corrected chi connectivity index (χ4v) is 3.11. The van der Waals surface area contributed by atoms with Gasteiger partial charge in [-0.25, -0.2) is 17.1 Å². The van der Waals surface area contributed by atoms with E-state index in [1.807, 2.05) is 0 Å². The van der Waals surface area contributed by atoms with Crippen molar-refractivity contribution >= 4 is 15.9 Å². The number of benzene rings is 1. The molecule has 0 atom stereocenters. The second kappa shape index (κ2) is 6.53. The maximum Gasteiger partial charge on any atom is 0.242 e. The molecule has 7 heteroatoms. The Morgan fingerprint density at radius 2 is 1.95 bits per heavy atom. The lowest BCUT2D eigenvalue weighted by Crippen LogP contribution is -2.30. The van der Waals surface area contributed by atoms with Crippen molar-refractivity contribution in [1.29, 1.82) is 0 Å². The van der Waals surface area contributed by atoms with E-state index in [9.17, 15) is 17.6 Å². The Labute approximate surface area is 124 Å². The Bertz CT molecular complexity index is 597.